The van der Waals surface area contributed by atoms with Crippen LogP contribution in [0, 0.1) is 0 Å². The van der Waals surface area contributed by atoms with Crippen LogP contribution in [0.1, 0.15) is 56.8 Å². The van der Waals surface area contributed by atoms with Crippen molar-refractivity contribution in [3.63, 3.8) is 0 Å². The summed E-state index contributed by atoms with van der Waals surface area (Å²) in [6.07, 6.45) is 6.63. The Kier molecular flexibility index (Phi) is 4.19. The minimum atomic E-state index is -0.210. The second-order valence-electron chi connectivity index (χ2n) is 4.79. The van der Waals surface area contributed by atoms with E-state index in [9.17, 15) is 4.79 Å². The Morgan fingerprint density at radius 3 is 2.78 bits per heavy atom. The SMILES string of the molecule is CCCCCC1=Cc2ccccc2C1OC(C)=O. The summed E-state index contributed by atoms with van der Waals surface area (Å²) in [5.41, 5.74) is 3.55. The molecule has 1 unspecified atom stereocenters. The summed E-state index contributed by atoms with van der Waals surface area (Å²) in [5.74, 6) is -0.210. The molecule has 1 aliphatic carbocycles. The van der Waals surface area contributed by atoms with E-state index in [-0.39, 0.29) is 12.1 Å². The first-order chi connectivity index (χ1) is 8.72. The Labute approximate surface area is 109 Å². The van der Waals surface area contributed by atoms with E-state index in [1.165, 1.54) is 30.9 Å². The molecule has 18 heavy (non-hydrogen) atoms. The van der Waals surface area contributed by atoms with Crippen LogP contribution in [-0.4, -0.2) is 5.97 Å². The summed E-state index contributed by atoms with van der Waals surface area (Å²) in [4.78, 5) is 11.2. The summed E-state index contributed by atoms with van der Waals surface area (Å²) in [7, 11) is 0. The van der Waals surface area contributed by atoms with E-state index in [2.05, 4.69) is 19.1 Å². The molecule has 1 atom stereocenters. The van der Waals surface area contributed by atoms with Gasteiger partial charge in [0.2, 0.25) is 0 Å². The molecule has 0 heterocycles. The van der Waals surface area contributed by atoms with Crippen molar-refractivity contribution in [3.05, 3.63) is 41.0 Å². The molecule has 1 aromatic carbocycles. The minimum absolute atomic E-state index is 0.157. The van der Waals surface area contributed by atoms with Gasteiger partial charge in [0.05, 0.1) is 0 Å². The monoisotopic (exact) mass is 244 g/mol. The highest BCUT2D eigenvalue weighted by Crippen LogP contribution is 2.39. The lowest BCUT2D eigenvalue weighted by Gasteiger charge is -2.16. The average Bonchev–Trinajstić information content (AvgIpc) is 2.68. The Balaban J connectivity index is 2.15. The van der Waals surface area contributed by atoms with Gasteiger partial charge in [-0.1, -0.05) is 50.1 Å². The molecular formula is C16H20O2. The van der Waals surface area contributed by atoms with Gasteiger partial charge < -0.3 is 4.74 Å². The highest BCUT2D eigenvalue weighted by Gasteiger charge is 2.26. The maximum absolute atomic E-state index is 11.2. The summed E-state index contributed by atoms with van der Waals surface area (Å²) in [5, 5.41) is 0. The molecule has 2 heteroatoms. The van der Waals surface area contributed by atoms with Crippen molar-refractivity contribution in [2.24, 2.45) is 0 Å². The molecule has 0 bridgehead atoms. The molecule has 0 saturated carbocycles. The summed E-state index contributed by atoms with van der Waals surface area (Å²) < 4.78 is 5.47. The maximum atomic E-state index is 11.2. The zero-order valence-electron chi connectivity index (χ0n) is 11.1. The number of carbonyl (C=O) groups excluding carboxylic acids is 1. The molecule has 0 N–H and O–H groups in total. The predicted octanol–water partition coefficient (Wildman–Crippen LogP) is 4.27. The van der Waals surface area contributed by atoms with Crippen molar-refractivity contribution in [2.75, 3.05) is 0 Å². The Bertz CT molecular complexity index is 460. The number of hydrogen-bond donors (Lipinski definition) is 0. The van der Waals surface area contributed by atoms with Crippen LogP contribution in [0.2, 0.25) is 0 Å². The summed E-state index contributed by atoms with van der Waals surface area (Å²) in [6, 6.07) is 8.15. The maximum Gasteiger partial charge on any atom is 0.303 e. The minimum Gasteiger partial charge on any atom is -0.453 e. The van der Waals surface area contributed by atoms with Gasteiger partial charge in [-0.05, 0) is 24.0 Å². The number of hydrogen-bond acceptors (Lipinski definition) is 2. The van der Waals surface area contributed by atoms with Gasteiger partial charge in [-0.3, -0.25) is 4.79 Å². The van der Waals surface area contributed by atoms with E-state index in [0.29, 0.717) is 0 Å². The third-order valence-electron chi connectivity index (χ3n) is 3.31. The number of esters is 1. The topological polar surface area (TPSA) is 26.3 Å². The molecule has 0 amide bonds. The van der Waals surface area contributed by atoms with Crippen molar-refractivity contribution >= 4 is 12.0 Å². The number of fused-ring (bicyclic) bond motifs is 1. The molecular weight excluding hydrogens is 224 g/mol. The Morgan fingerprint density at radius 1 is 1.28 bits per heavy atom. The highest BCUT2D eigenvalue weighted by molar-refractivity contribution is 5.71. The van der Waals surface area contributed by atoms with Crippen LogP contribution in [0.5, 0.6) is 0 Å². The first-order valence-corrected chi connectivity index (χ1v) is 6.69. The van der Waals surface area contributed by atoms with Crippen molar-refractivity contribution in [2.45, 2.75) is 45.6 Å². The fraction of sp³-hybridized carbons (Fsp3) is 0.438. The van der Waals surface area contributed by atoms with E-state index in [1.54, 1.807) is 0 Å². The highest BCUT2D eigenvalue weighted by atomic mass is 16.5. The fourth-order valence-corrected chi connectivity index (χ4v) is 2.44. The molecule has 1 aliphatic rings. The van der Waals surface area contributed by atoms with Gasteiger partial charge in [-0.25, -0.2) is 0 Å². The van der Waals surface area contributed by atoms with E-state index < -0.39 is 0 Å². The van der Waals surface area contributed by atoms with Crippen molar-refractivity contribution in [1.82, 2.24) is 0 Å². The van der Waals surface area contributed by atoms with Crippen molar-refractivity contribution in [1.29, 1.82) is 0 Å². The number of rotatable bonds is 5. The number of unbranched alkanes of at least 4 members (excludes halogenated alkanes) is 2. The van der Waals surface area contributed by atoms with Gasteiger partial charge in [0.15, 0.2) is 0 Å². The first-order valence-electron chi connectivity index (χ1n) is 6.69. The molecule has 2 rings (SSSR count). The fourth-order valence-electron chi connectivity index (χ4n) is 2.44. The Hall–Kier alpha value is -1.57. The third kappa shape index (κ3) is 2.81. The standard InChI is InChI=1S/C16H20O2/c1-3-4-5-9-14-11-13-8-6-7-10-15(13)16(14)18-12(2)17/h6-8,10-11,16H,3-5,9H2,1-2H3. The van der Waals surface area contributed by atoms with Gasteiger partial charge >= 0.3 is 5.97 Å². The van der Waals surface area contributed by atoms with Crippen LogP contribution in [0.15, 0.2) is 29.8 Å². The predicted molar refractivity (Wildman–Crippen MR) is 73.1 cm³/mol. The largest absolute Gasteiger partial charge is 0.453 e. The zero-order valence-corrected chi connectivity index (χ0v) is 11.1. The van der Waals surface area contributed by atoms with E-state index >= 15 is 0 Å². The molecule has 0 aromatic heterocycles. The zero-order chi connectivity index (χ0) is 13.0. The van der Waals surface area contributed by atoms with Gasteiger partial charge in [0.25, 0.3) is 0 Å². The van der Waals surface area contributed by atoms with Crippen LogP contribution >= 0.6 is 0 Å². The van der Waals surface area contributed by atoms with Gasteiger partial charge in [0.1, 0.15) is 6.10 Å². The average molecular weight is 244 g/mol. The molecule has 0 fully saturated rings. The van der Waals surface area contributed by atoms with Gasteiger partial charge in [0, 0.05) is 12.5 Å². The smallest absolute Gasteiger partial charge is 0.303 e. The molecule has 96 valence electrons. The van der Waals surface area contributed by atoms with Crippen molar-refractivity contribution in [3.8, 4) is 0 Å². The quantitative estimate of drug-likeness (QED) is 0.571. The van der Waals surface area contributed by atoms with Gasteiger partial charge in [-0.15, -0.1) is 0 Å². The van der Waals surface area contributed by atoms with Crippen molar-refractivity contribution < 1.29 is 9.53 Å². The lowest BCUT2D eigenvalue weighted by atomic mass is 10.0. The van der Waals surface area contributed by atoms with Gasteiger partial charge in [-0.2, -0.15) is 0 Å². The number of ether oxygens (including phenoxy) is 1. The van der Waals surface area contributed by atoms with Crippen LogP contribution in [0.25, 0.3) is 6.08 Å². The molecule has 0 radical (unpaired) electrons. The van der Waals surface area contributed by atoms with Crippen LogP contribution in [0.4, 0.5) is 0 Å². The van der Waals surface area contributed by atoms with Crippen LogP contribution in [0.3, 0.4) is 0 Å². The lowest BCUT2D eigenvalue weighted by molar-refractivity contribution is -0.144. The van der Waals surface area contributed by atoms with Crippen LogP contribution < -0.4 is 0 Å². The van der Waals surface area contributed by atoms with E-state index in [0.717, 1.165) is 18.4 Å². The molecule has 2 nitrogen and oxygen atoms in total. The molecule has 1 aromatic rings. The normalized spacial score (nSPS) is 17.2. The number of benzene rings is 1. The molecule has 0 spiro atoms. The summed E-state index contributed by atoms with van der Waals surface area (Å²) in [6.45, 7) is 3.67. The summed E-state index contributed by atoms with van der Waals surface area (Å²) >= 11 is 0. The third-order valence-corrected chi connectivity index (χ3v) is 3.31. The number of carbonyl (C=O) groups is 1. The van der Waals surface area contributed by atoms with Crippen LogP contribution in [-0.2, 0) is 9.53 Å². The lowest BCUT2D eigenvalue weighted by Crippen LogP contribution is -2.08. The second kappa shape index (κ2) is 5.85. The first kappa shape index (κ1) is 12.9. The van der Waals surface area contributed by atoms with E-state index in [1.807, 2.05) is 18.2 Å². The van der Waals surface area contributed by atoms with E-state index in [4.69, 9.17) is 4.74 Å². The second-order valence-corrected chi connectivity index (χ2v) is 4.79. The Morgan fingerprint density at radius 2 is 2.06 bits per heavy atom. The molecule has 0 saturated heterocycles. The molecule has 0 aliphatic heterocycles.